The highest BCUT2D eigenvalue weighted by molar-refractivity contribution is 5.66. The van der Waals surface area contributed by atoms with Crippen LogP contribution in [-0.2, 0) is 9.53 Å². The SMILES string of the molecule is CCC[C@@H](CCOc1ccccc1)OC(C)=O. The van der Waals surface area contributed by atoms with Gasteiger partial charge in [-0.3, -0.25) is 4.79 Å². The van der Waals surface area contributed by atoms with Crippen molar-refractivity contribution >= 4 is 5.97 Å². The molecule has 3 nitrogen and oxygen atoms in total. The molecule has 1 rings (SSSR count). The van der Waals surface area contributed by atoms with E-state index in [2.05, 4.69) is 6.92 Å². The molecular formula is C14H20O3. The van der Waals surface area contributed by atoms with E-state index in [1.807, 2.05) is 30.3 Å². The number of ether oxygens (including phenoxy) is 2. The molecule has 0 spiro atoms. The van der Waals surface area contributed by atoms with Crippen molar-refractivity contribution in [2.75, 3.05) is 6.61 Å². The lowest BCUT2D eigenvalue weighted by atomic mass is 10.1. The average molecular weight is 236 g/mol. The zero-order chi connectivity index (χ0) is 12.5. The van der Waals surface area contributed by atoms with Crippen LogP contribution in [0.3, 0.4) is 0 Å². The summed E-state index contributed by atoms with van der Waals surface area (Å²) < 4.78 is 10.8. The number of carbonyl (C=O) groups excluding carboxylic acids is 1. The van der Waals surface area contributed by atoms with Gasteiger partial charge < -0.3 is 9.47 Å². The van der Waals surface area contributed by atoms with Crippen LogP contribution in [0.2, 0.25) is 0 Å². The van der Waals surface area contributed by atoms with Crippen LogP contribution in [0.25, 0.3) is 0 Å². The topological polar surface area (TPSA) is 35.5 Å². The van der Waals surface area contributed by atoms with E-state index in [1.54, 1.807) is 0 Å². The highest BCUT2D eigenvalue weighted by Crippen LogP contribution is 2.11. The lowest BCUT2D eigenvalue weighted by molar-refractivity contribution is -0.147. The Morgan fingerprint density at radius 1 is 1.24 bits per heavy atom. The van der Waals surface area contributed by atoms with E-state index in [1.165, 1.54) is 6.92 Å². The molecule has 0 radical (unpaired) electrons. The molecule has 1 aromatic rings. The Kier molecular flexibility index (Phi) is 6.15. The number of carbonyl (C=O) groups is 1. The third-order valence-electron chi connectivity index (χ3n) is 2.40. The minimum Gasteiger partial charge on any atom is -0.493 e. The first-order valence-electron chi connectivity index (χ1n) is 6.07. The van der Waals surface area contributed by atoms with E-state index in [0.29, 0.717) is 6.61 Å². The maximum Gasteiger partial charge on any atom is 0.302 e. The highest BCUT2D eigenvalue weighted by atomic mass is 16.5. The number of rotatable bonds is 7. The maximum atomic E-state index is 10.9. The Morgan fingerprint density at radius 2 is 1.94 bits per heavy atom. The lowest BCUT2D eigenvalue weighted by Crippen LogP contribution is -2.19. The van der Waals surface area contributed by atoms with Gasteiger partial charge >= 0.3 is 5.97 Å². The minimum atomic E-state index is -0.219. The molecule has 0 saturated heterocycles. The van der Waals surface area contributed by atoms with E-state index < -0.39 is 0 Å². The van der Waals surface area contributed by atoms with Gasteiger partial charge in [-0.15, -0.1) is 0 Å². The van der Waals surface area contributed by atoms with E-state index in [0.717, 1.165) is 25.0 Å². The normalized spacial score (nSPS) is 11.9. The molecule has 3 heteroatoms. The first-order chi connectivity index (χ1) is 8.22. The molecule has 1 aromatic carbocycles. The van der Waals surface area contributed by atoms with E-state index in [4.69, 9.17) is 9.47 Å². The zero-order valence-electron chi connectivity index (χ0n) is 10.5. The summed E-state index contributed by atoms with van der Waals surface area (Å²) in [6.45, 7) is 4.09. The second-order valence-electron chi connectivity index (χ2n) is 3.97. The van der Waals surface area contributed by atoms with Crippen LogP contribution in [0.4, 0.5) is 0 Å². The molecule has 0 fully saturated rings. The highest BCUT2D eigenvalue weighted by Gasteiger charge is 2.10. The van der Waals surface area contributed by atoms with Gasteiger partial charge in [0.05, 0.1) is 6.61 Å². The van der Waals surface area contributed by atoms with Gasteiger partial charge in [0.15, 0.2) is 0 Å². The molecule has 0 aliphatic rings. The van der Waals surface area contributed by atoms with Crippen molar-refractivity contribution < 1.29 is 14.3 Å². The van der Waals surface area contributed by atoms with Gasteiger partial charge in [0, 0.05) is 13.3 Å². The molecule has 0 aromatic heterocycles. The fourth-order valence-electron chi connectivity index (χ4n) is 1.64. The van der Waals surface area contributed by atoms with Crippen LogP contribution >= 0.6 is 0 Å². The van der Waals surface area contributed by atoms with Crippen LogP contribution in [0, 0.1) is 0 Å². The second kappa shape index (κ2) is 7.71. The summed E-state index contributed by atoms with van der Waals surface area (Å²) in [6, 6.07) is 9.66. The molecule has 0 bridgehead atoms. The second-order valence-corrected chi connectivity index (χ2v) is 3.97. The summed E-state index contributed by atoms with van der Waals surface area (Å²) in [7, 11) is 0. The van der Waals surface area contributed by atoms with Crippen molar-refractivity contribution in [3.8, 4) is 5.75 Å². The number of para-hydroxylation sites is 1. The van der Waals surface area contributed by atoms with Gasteiger partial charge in [-0.25, -0.2) is 0 Å². The Bertz CT molecular complexity index is 321. The van der Waals surface area contributed by atoms with Crippen molar-refractivity contribution in [1.82, 2.24) is 0 Å². The van der Waals surface area contributed by atoms with Gasteiger partial charge in [0.25, 0.3) is 0 Å². The monoisotopic (exact) mass is 236 g/mol. The minimum absolute atomic E-state index is 0.0267. The molecule has 0 amide bonds. The molecule has 0 saturated carbocycles. The van der Waals surface area contributed by atoms with Crippen molar-refractivity contribution in [2.45, 2.75) is 39.2 Å². The zero-order valence-corrected chi connectivity index (χ0v) is 10.5. The largest absolute Gasteiger partial charge is 0.493 e. The average Bonchev–Trinajstić information content (AvgIpc) is 2.30. The summed E-state index contributed by atoms with van der Waals surface area (Å²) in [5.74, 6) is 0.633. The van der Waals surface area contributed by atoms with Crippen molar-refractivity contribution in [3.05, 3.63) is 30.3 Å². The number of hydrogen-bond donors (Lipinski definition) is 0. The summed E-state index contributed by atoms with van der Waals surface area (Å²) in [5.41, 5.74) is 0. The first kappa shape index (κ1) is 13.6. The van der Waals surface area contributed by atoms with Gasteiger partial charge in [-0.05, 0) is 18.6 Å². The Balaban J connectivity index is 2.29. The van der Waals surface area contributed by atoms with Crippen LogP contribution in [0.5, 0.6) is 5.75 Å². The number of hydrogen-bond acceptors (Lipinski definition) is 3. The van der Waals surface area contributed by atoms with Crippen molar-refractivity contribution in [1.29, 1.82) is 0 Å². The predicted molar refractivity (Wildman–Crippen MR) is 67.0 cm³/mol. The molecule has 0 unspecified atom stereocenters. The van der Waals surface area contributed by atoms with Gasteiger partial charge in [-0.1, -0.05) is 31.5 Å². The molecule has 17 heavy (non-hydrogen) atoms. The lowest BCUT2D eigenvalue weighted by Gasteiger charge is -2.16. The summed E-state index contributed by atoms with van der Waals surface area (Å²) >= 11 is 0. The number of esters is 1. The summed E-state index contributed by atoms with van der Waals surface area (Å²) in [4.78, 5) is 10.9. The molecule has 0 aliphatic carbocycles. The third-order valence-corrected chi connectivity index (χ3v) is 2.40. The van der Waals surface area contributed by atoms with E-state index in [9.17, 15) is 4.79 Å². The summed E-state index contributed by atoms with van der Waals surface area (Å²) in [6.07, 6.45) is 2.60. The smallest absolute Gasteiger partial charge is 0.302 e. The van der Waals surface area contributed by atoms with Gasteiger partial charge in [-0.2, -0.15) is 0 Å². The van der Waals surface area contributed by atoms with Crippen LogP contribution in [-0.4, -0.2) is 18.7 Å². The molecule has 0 N–H and O–H groups in total. The Labute approximate surface area is 103 Å². The fourth-order valence-corrected chi connectivity index (χ4v) is 1.64. The van der Waals surface area contributed by atoms with E-state index >= 15 is 0 Å². The maximum absolute atomic E-state index is 10.9. The Hall–Kier alpha value is -1.51. The molecule has 94 valence electrons. The van der Waals surface area contributed by atoms with Crippen LogP contribution in [0.1, 0.15) is 33.1 Å². The van der Waals surface area contributed by atoms with Crippen molar-refractivity contribution in [2.24, 2.45) is 0 Å². The first-order valence-corrected chi connectivity index (χ1v) is 6.07. The number of benzene rings is 1. The summed E-state index contributed by atoms with van der Waals surface area (Å²) in [5, 5.41) is 0. The fraction of sp³-hybridized carbons (Fsp3) is 0.500. The molecule has 0 aliphatic heterocycles. The molecule has 0 heterocycles. The molecule has 1 atom stereocenters. The van der Waals surface area contributed by atoms with Crippen LogP contribution < -0.4 is 4.74 Å². The predicted octanol–water partition coefficient (Wildman–Crippen LogP) is 3.19. The van der Waals surface area contributed by atoms with Gasteiger partial charge in [0.1, 0.15) is 11.9 Å². The molecular weight excluding hydrogens is 216 g/mol. The Morgan fingerprint density at radius 3 is 2.53 bits per heavy atom. The third kappa shape index (κ3) is 5.95. The van der Waals surface area contributed by atoms with Crippen LogP contribution in [0.15, 0.2) is 30.3 Å². The quantitative estimate of drug-likeness (QED) is 0.682. The van der Waals surface area contributed by atoms with Crippen molar-refractivity contribution in [3.63, 3.8) is 0 Å². The van der Waals surface area contributed by atoms with E-state index in [-0.39, 0.29) is 12.1 Å². The van der Waals surface area contributed by atoms with Gasteiger partial charge in [0.2, 0.25) is 0 Å². The standard InChI is InChI=1S/C14H20O3/c1-3-7-14(17-12(2)15)10-11-16-13-8-5-4-6-9-13/h4-6,8-9,14H,3,7,10-11H2,1-2H3/t14-/m0/s1.